The van der Waals surface area contributed by atoms with E-state index in [1.807, 2.05) is 6.07 Å². The second-order valence-corrected chi connectivity index (χ2v) is 6.34. The minimum atomic E-state index is -0.496. The van der Waals surface area contributed by atoms with Crippen LogP contribution in [0.25, 0.3) is 0 Å². The highest BCUT2D eigenvalue weighted by molar-refractivity contribution is 6.04. The summed E-state index contributed by atoms with van der Waals surface area (Å²) >= 11 is 0. The fourth-order valence-electron chi connectivity index (χ4n) is 2.61. The van der Waals surface area contributed by atoms with Crippen LogP contribution >= 0.6 is 0 Å². The summed E-state index contributed by atoms with van der Waals surface area (Å²) in [6.45, 7) is 0.918. The van der Waals surface area contributed by atoms with Crippen LogP contribution in [0.1, 0.15) is 20.7 Å². The lowest BCUT2D eigenvalue weighted by molar-refractivity contribution is 0.0997. The number of benzene rings is 3. The molecule has 0 heterocycles. The summed E-state index contributed by atoms with van der Waals surface area (Å²) in [4.78, 5) is 23.6. The van der Waals surface area contributed by atoms with Crippen LogP contribution in [-0.2, 0) is 4.74 Å². The molecular weight excluding hydrogens is 384 g/mol. The summed E-state index contributed by atoms with van der Waals surface area (Å²) in [5.41, 5.74) is 6.74. The standard InChI is InChI=1S/C23H22N2O5/c1-28-13-14-29-21-4-2-3-18(15-21)25-23(27)17-7-11-20(12-8-17)30-19-9-5-16(6-10-19)22(24)26/h2-12,15H,13-14H2,1H3,(H2,24,26)(H,25,27). The minimum Gasteiger partial charge on any atom is -0.491 e. The highest BCUT2D eigenvalue weighted by atomic mass is 16.5. The van der Waals surface area contributed by atoms with Gasteiger partial charge in [0.2, 0.25) is 5.91 Å². The zero-order valence-corrected chi connectivity index (χ0v) is 16.5. The fourth-order valence-corrected chi connectivity index (χ4v) is 2.61. The van der Waals surface area contributed by atoms with Crippen molar-refractivity contribution in [3.63, 3.8) is 0 Å². The van der Waals surface area contributed by atoms with Crippen molar-refractivity contribution in [2.75, 3.05) is 25.6 Å². The molecule has 0 saturated carbocycles. The van der Waals surface area contributed by atoms with E-state index >= 15 is 0 Å². The molecule has 0 aliphatic rings. The predicted molar refractivity (Wildman–Crippen MR) is 113 cm³/mol. The highest BCUT2D eigenvalue weighted by Crippen LogP contribution is 2.23. The zero-order chi connectivity index (χ0) is 21.3. The molecule has 0 aliphatic heterocycles. The molecule has 30 heavy (non-hydrogen) atoms. The van der Waals surface area contributed by atoms with Crippen LogP contribution in [-0.4, -0.2) is 32.1 Å². The van der Waals surface area contributed by atoms with Gasteiger partial charge in [-0.1, -0.05) is 6.07 Å². The number of carbonyl (C=O) groups excluding carboxylic acids is 2. The Balaban J connectivity index is 1.59. The first-order chi connectivity index (χ1) is 14.5. The number of hydrogen-bond donors (Lipinski definition) is 2. The van der Waals surface area contributed by atoms with Crippen LogP contribution in [0.3, 0.4) is 0 Å². The molecule has 7 nitrogen and oxygen atoms in total. The topological polar surface area (TPSA) is 99.9 Å². The first kappa shape index (κ1) is 20.9. The average molecular weight is 406 g/mol. The number of hydrogen-bond acceptors (Lipinski definition) is 5. The van der Waals surface area contributed by atoms with Gasteiger partial charge in [0.05, 0.1) is 6.61 Å². The van der Waals surface area contributed by atoms with Gasteiger partial charge in [0.1, 0.15) is 23.9 Å². The zero-order valence-electron chi connectivity index (χ0n) is 16.5. The number of ether oxygens (including phenoxy) is 3. The van der Waals surface area contributed by atoms with Crippen molar-refractivity contribution in [1.82, 2.24) is 0 Å². The van der Waals surface area contributed by atoms with E-state index in [0.717, 1.165) is 0 Å². The Morgan fingerprint density at radius 2 is 1.47 bits per heavy atom. The third-order valence-corrected chi connectivity index (χ3v) is 4.14. The van der Waals surface area contributed by atoms with Crippen molar-refractivity contribution in [1.29, 1.82) is 0 Å². The van der Waals surface area contributed by atoms with E-state index in [0.29, 0.717) is 47.3 Å². The molecule has 2 amide bonds. The van der Waals surface area contributed by atoms with E-state index < -0.39 is 5.91 Å². The summed E-state index contributed by atoms with van der Waals surface area (Å²) in [6, 6.07) is 20.4. The van der Waals surface area contributed by atoms with Crippen LogP contribution in [0.2, 0.25) is 0 Å². The summed E-state index contributed by atoms with van der Waals surface area (Å²) < 4.78 is 16.2. The van der Waals surface area contributed by atoms with Crippen molar-refractivity contribution in [2.24, 2.45) is 5.73 Å². The molecule has 0 aliphatic carbocycles. The molecule has 0 atom stereocenters. The van der Waals surface area contributed by atoms with E-state index in [1.54, 1.807) is 73.8 Å². The molecule has 3 aromatic carbocycles. The van der Waals surface area contributed by atoms with Crippen LogP contribution in [0.5, 0.6) is 17.2 Å². The molecule has 0 unspecified atom stereocenters. The van der Waals surface area contributed by atoms with Gasteiger partial charge in [-0.05, 0) is 60.7 Å². The Morgan fingerprint density at radius 1 is 0.833 bits per heavy atom. The third-order valence-electron chi connectivity index (χ3n) is 4.14. The highest BCUT2D eigenvalue weighted by Gasteiger charge is 2.08. The van der Waals surface area contributed by atoms with Gasteiger partial charge in [-0.2, -0.15) is 0 Å². The Kier molecular flexibility index (Phi) is 7.02. The van der Waals surface area contributed by atoms with Crippen molar-refractivity contribution >= 4 is 17.5 Å². The maximum absolute atomic E-state index is 12.5. The third kappa shape index (κ3) is 5.83. The Bertz CT molecular complexity index is 1000. The Morgan fingerprint density at radius 3 is 2.07 bits per heavy atom. The van der Waals surface area contributed by atoms with Crippen molar-refractivity contribution in [2.45, 2.75) is 0 Å². The van der Waals surface area contributed by atoms with Gasteiger partial charge in [0, 0.05) is 30.0 Å². The fraction of sp³-hybridized carbons (Fsp3) is 0.130. The molecule has 0 aromatic heterocycles. The number of amides is 2. The summed E-state index contributed by atoms with van der Waals surface area (Å²) in [6.07, 6.45) is 0. The van der Waals surface area contributed by atoms with Crippen molar-refractivity contribution < 1.29 is 23.8 Å². The number of rotatable bonds is 9. The number of nitrogens with two attached hydrogens (primary N) is 1. The molecule has 0 fully saturated rings. The number of nitrogens with one attached hydrogen (secondary N) is 1. The minimum absolute atomic E-state index is 0.249. The first-order valence-electron chi connectivity index (χ1n) is 9.26. The molecule has 3 rings (SSSR count). The van der Waals surface area contributed by atoms with Gasteiger partial charge in [0.15, 0.2) is 0 Å². The maximum Gasteiger partial charge on any atom is 0.255 e. The molecule has 7 heteroatoms. The van der Waals surface area contributed by atoms with Crippen LogP contribution < -0.4 is 20.5 Å². The summed E-state index contributed by atoms with van der Waals surface area (Å²) in [5.74, 6) is 1.02. The molecule has 3 N–H and O–H groups in total. The Labute approximate surface area is 174 Å². The largest absolute Gasteiger partial charge is 0.491 e. The van der Waals surface area contributed by atoms with Gasteiger partial charge in [-0.25, -0.2) is 0 Å². The van der Waals surface area contributed by atoms with E-state index in [4.69, 9.17) is 19.9 Å². The van der Waals surface area contributed by atoms with Crippen molar-refractivity contribution in [3.05, 3.63) is 83.9 Å². The molecule has 154 valence electrons. The lowest BCUT2D eigenvalue weighted by Crippen LogP contribution is -2.12. The monoisotopic (exact) mass is 406 g/mol. The normalized spacial score (nSPS) is 10.3. The SMILES string of the molecule is COCCOc1cccc(NC(=O)c2ccc(Oc3ccc(C(N)=O)cc3)cc2)c1. The molecule has 0 bridgehead atoms. The smallest absolute Gasteiger partial charge is 0.255 e. The molecule has 3 aromatic rings. The van der Waals surface area contributed by atoms with E-state index in [2.05, 4.69) is 5.32 Å². The summed E-state index contributed by atoms with van der Waals surface area (Å²) in [5, 5.41) is 2.84. The number of anilines is 1. The first-order valence-corrected chi connectivity index (χ1v) is 9.26. The lowest BCUT2D eigenvalue weighted by Gasteiger charge is -2.10. The number of methoxy groups -OCH3 is 1. The summed E-state index contributed by atoms with van der Waals surface area (Å²) in [7, 11) is 1.61. The van der Waals surface area contributed by atoms with E-state index in [1.165, 1.54) is 0 Å². The van der Waals surface area contributed by atoms with Crippen LogP contribution in [0.15, 0.2) is 72.8 Å². The van der Waals surface area contributed by atoms with Gasteiger partial charge < -0.3 is 25.3 Å². The van der Waals surface area contributed by atoms with Gasteiger partial charge in [0.25, 0.3) is 5.91 Å². The predicted octanol–water partition coefficient (Wildman–Crippen LogP) is 3.86. The Hall–Kier alpha value is -3.84. The van der Waals surface area contributed by atoms with Crippen LogP contribution in [0, 0.1) is 0 Å². The van der Waals surface area contributed by atoms with Gasteiger partial charge in [-0.3, -0.25) is 9.59 Å². The van der Waals surface area contributed by atoms with E-state index in [-0.39, 0.29) is 5.91 Å². The lowest BCUT2D eigenvalue weighted by atomic mass is 10.2. The quantitative estimate of drug-likeness (QED) is 0.526. The average Bonchev–Trinajstić information content (AvgIpc) is 2.75. The van der Waals surface area contributed by atoms with Gasteiger partial charge in [-0.15, -0.1) is 0 Å². The second-order valence-electron chi connectivity index (χ2n) is 6.34. The second kappa shape index (κ2) is 10.1. The maximum atomic E-state index is 12.5. The van der Waals surface area contributed by atoms with Gasteiger partial charge >= 0.3 is 0 Å². The van der Waals surface area contributed by atoms with Crippen LogP contribution in [0.4, 0.5) is 5.69 Å². The number of primary amides is 1. The number of carbonyl (C=O) groups is 2. The molecule has 0 spiro atoms. The molecule has 0 saturated heterocycles. The molecule has 0 radical (unpaired) electrons. The van der Waals surface area contributed by atoms with Crippen molar-refractivity contribution in [3.8, 4) is 17.2 Å². The molecular formula is C23H22N2O5. The van der Waals surface area contributed by atoms with E-state index in [9.17, 15) is 9.59 Å².